The Balaban J connectivity index is 2.67. The zero-order valence-corrected chi connectivity index (χ0v) is 11.7. The van der Waals surface area contributed by atoms with Crippen LogP contribution in [0.25, 0.3) is 0 Å². The molecule has 0 spiro atoms. The lowest BCUT2D eigenvalue weighted by Gasteiger charge is -2.21. The Morgan fingerprint density at radius 1 is 1.28 bits per heavy atom. The van der Waals surface area contributed by atoms with Gasteiger partial charge in [0.15, 0.2) is 0 Å². The van der Waals surface area contributed by atoms with Crippen LogP contribution in [-0.2, 0) is 9.53 Å². The quantitative estimate of drug-likeness (QED) is 0.788. The zero-order chi connectivity index (χ0) is 13.5. The molecule has 0 aliphatic rings. The first-order chi connectivity index (χ1) is 8.58. The molecule has 0 radical (unpaired) electrons. The Morgan fingerprint density at radius 2 is 1.89 bits per heavy atom. The smallest absolute Gasteiger partial charge is 0.322 e. The van der Waals surface area contributed by atoms with Crippen molar-refractivity contribution in [2.24, 2.45) is 0 Å². The summed E-state index contributed by atoms with van der Waals surface area (Å²) in [5, 5.41) is 3.31. The van der Waals surface area contributed by atoms with E-state index in [0.29, 0.717) is 6.61 Å². The highest BCUT2D eigenvalue weighted by atomic mass is 16.5. The van der Waals surface area contributed by atoms with Crippen LogP contribution in [0.3, 0.4) is 0 Å². The van der Waals surface area contributed by atoms with E-state index in [1.54, 1.807) is 0 Å². The number of ether oxygens (including phenoxy) is 1. The lowest BCUT2D eigenvalue weighted by Crippen LogP contribution is -2.37. The van der Waals surface area contributed by atoms with Gasteiger partial charge < -0.3 is 4.74 Å². The summed E-state index contributed by atoms with van der Waals surface area (Å²) in [5.41, 5.74) is 2.45. The fourth-order valence-electron chi connectivity index (χ4n) is 1.89. The van der Waals surface area contributed by atoms with E-state index in [0.717, 1.165) is 6.42 Å². The maximum absolute atomic E-state index is 11.6. The predicted octanol–water partition coefficient (Wildman–Crippen LogP) is 2.99. The van der Waals surface area contributed by atoms with Crippen molar-refractivity contribution in [1.29, 1.82) is 0 Å². The summed E-state index contributed by atoms with van der Waals surface area (Å²) in [7, 11) is 0. The van der Waals surface area contributed by atoms with E-state index in [-0.39, 0.29) is 18.1 Å². The van der Waals surface area contributed by atoms with Crippen molar-refractivity contribution in [2.45, 2.75) is 46.2 Å². The molecule has 1 rings (SSSR count). The topological polar surface area (TPSA) is 38.3 Å². The van der Waals surface area contributed by atoms with Gasteiger partial charge in [0.05, 0.1) is 6.61 Å². The summed E-state index contributed by atoms with van der Waals surface area (Å²) in [5.74, 6) is -0.192. The van der Waals surface area contributed by atoms with Gasteiger partial charge in [0, 0.05) is 6.04 Å². The summed E-state index contributed by atoms with van der Waals surface area (Å²) in [4.78, 5) is 11.6. The van der Waals surface area contributed by atoms with Crippen molar-refractivity contribution in [1.82, 2.24) is 5.32 Å². The van der Waals surface area contributed by atoms with Gasteiger partial charge in [-0.1, -0.05) is 36.8 Å². The Bertz CT molecular complexity index is 373. The normalized spacial score (nSPS) is 14.0. The van der Waals surface area contributed by atoms with Crippen molar-refractivity contribution in [3.8, 4) is 0 Å². The van der Waals surface area contributed by atoms with Crippen LogP contribution < -0.4 is 5.32 Å². The molecule has 100 valence electrons. The first-order valence-corrected chi connectivity index (χ1v) is 6.57. The molecule has 2 unspecified atom stereocenters. The number of hydrogen-bond donors (Lipinski definition) is 1. The van der Waals surface area contributed by atoms with Crippen LogP contribution in [0.1, 0.15) is 44.4 Å². The molecule has 0 aliphatic carbocycles. The third-order valence-corrected chi connectivity index (χ3v) is 2.98. The molecule has 0 aliphatic heterocycles. The van der Waals surface area contributed by atoms with E-state index in [4.69, 9.17) is 4.74 Å². The largest absolute Gasteiger partial charge is 0.465 e. The van der Waals surface area contributed by atoms with E-state index in [1.165, 1.54) is 11.1 Å². The van der Waals surface area contributed by atoms with E-state index in [1.807, 2.05) is 13.8 Å². The fraction of sp³-hybridized carbons (Fsp3) is 0.533. The van der Waals surface area contributed by atoms with E-state index >= 15 is 0 Å². The van der Waals surface area contributed by atoms with Crippen LogP contribution in [0.2, 0.25) is 0 Å². The third kappa shape index (κ3) is 4.15. The molecule has 1 aromatic rings. The number of aryl methyl sites for hydroxylation is 1. The number of nitrogens with one attached hydrogen (secondary N) is 1. The van der Waals surface area contributed by atoms with Gasteiger partial charge in [-0.15, -0.1) is 0 Å². The first kappa shape index (κ1) is 14.7. The molecule has 3 nitrogen and oxygen atoms in total. The molecule has 0 bridgehead atoms. The Labute approximate surface area is 110 Å². The van der Waals surface area contributed by atoms with E-state index < -0.39 is 0 Å². The van der Waals surface area contributed by atoms with Crippen LogP contribution >= 0.6 is 0 Å². The Morgan fingerprint density at radius 3 is 2.39 bits per heavy atom. The highest BCUT2D eigenvalue weighted by Crippen LogP contribution is 2.18. The summed E-state index contributed by atoms with van der Waals surface area (Å²) in [6.07, 6.45) is 0.937. The monoisotopic (exact) mass is 249 g/mol. The molecule has 0 saturated heterocycles. The van der Waals surface area contributed by atoms with Gasteiger partial charge in [-0.3, -0.25) is 10.1 Å². The molecule has 3 heteroatoms. The van der Waals surface area contributed by atoms with Crippen LogP contribution in [0.15, 0.2) is 24.3 Å². The Kier molecular flexibility index (Phi) is 5.86. The summed E-state index contributed by atoms with van der Waals surface area (Å²) >= 11 is 0. The number of carbonyl (C=O) groups excluding carboxylic acids is 1. The predicted molar refractivity (Wildman–Crippen MR) is 73.4 cm³/mol. The third-order valence-electron chi connectivity index (χ3n) is 2.98. The number of esters is 1. The fourth-order valence-corrected chi connectivity index (χ4v) is 1.89. The van der Waals surface area contributed by atoms with Gasteiger partial charge in [-0.25, -0.2) is 0 Å². The van der Waals surface area contributed by atoms with Crippen molar-refractivity contribution in [2.75, 3.05) is 6.61 Å². The molecule has 0 fully saturated rings. The second-order valence-corrected chi connectivity index (χ2v) is 4.51. The lowest BCUT2D eigenvalue weighted by molar-refractivity contribution is -0.145. The molecule has 0 heterocycles. The second kappa shape index (κ2) is 7.17. The van der Waals surface area contributed by atoms with Crippen molar-refractivity contribution >= 4 is 5.97 Å². The number of carbonyl (C=O) groups is 1. The van der Waals surface area contributed by atoms with Crippen molar-refractivity contribution in [3.05, 3.63) is 35.4 Å². The molecular formula is C15H23NO2. The van der Waals surface area contributed by atoms with Gasteiger partial charge in [-0.05, 0) is 32.8 Å². The van der Waals surface area contributed by atoms with Crippen molar-refractivity contribution in [3.63, 3.8) is 0 Å². The number of benzene rings is 1. The van der Waals surface area contributed by atoms with Gasteiger partial charge in [0.1, 0.15) is 6.04 Å². The minimum Gasteiger partial charge on any atom is -0.465 e. The first-order valence-electron chi connectivity index (χ1n) is 6.57. The molecule has 2 atom stereocenters. The average molecular weight is 249 g/mol. The number of rotatable bonds is 6. The molecule has 0 aromatic heterocycles. The molecular weight excluding hydrogens is 226 g/mol. The summed E-state index contributed by atoms with van der Waals surface area (Å²) in [6, 6.07) is 8.30. The Hall–Kier alpha value is -1.35. The second-order valence-electron chi connectivity index (χ2n) is 4.51. The summed E-state index contributed by atoms with van der Waals surface area (Å²) < 4.78 is 5.00. The summed E-state index contributed by atoms with van der Waals surface area (Å²) in [6.45, 7) is 8.26. The molecule has 1 N–H and O–H groups in total. The van der Waals surface area contributed by atoms with Crippen LogP contribution in [0.5, 0.6) is 0 Å². The van der Waals surface area contributed by atoms with E-state index in [2.05, 4.69) is 43.4 Å². The zero-order valence-electron chi connectivity index (χ0n) is 11.7. The SMILES string of the molecule is CCOC(=O)C(C)NC(CC)c1ccc(C)cc1. The molecule has 18 heavy (non-hydrogen) atoms. The molecule has 0 amide bonds. The average Bonchev–Trinajstić information content (AvgIpc) is 2.37. The molecule has 1 aromatic carbocycles. The maximum Gasteiger partial charge on any atom is 0.322 e. The van der Waals surface area contributed by atoms with E-state index in [9.17, 15) is 4.79 Å². The van der Waals surface area contributed by atoms with Gasteiger partial charge in [-0.2, -0.15) is 0 Å². The van der Waals surface area contributed by atoms with Crippen LogP contribution in [-0.4, -0.2) is 18.6 Å². The highest BCUT2D eigenvalue weighted by molar-refractivity contribution is 5.75. The maximum atomic E-state index is 11.6. The highest BCUT2D eigenvalue weighted by Gasteiger charge is 2.18. The minimum atomic E-state index is -0.281. The minimum absolute atomic E-state index is 0.185. The standard InChI is InChI=1S/C15H23NO2/c1-5-14(13-9-7-11(3)8-10-13)16-12(4)15(17)18-6-2/h7-10,12,14,16H,5-6H2,1-4H3. The van der Waals surface area contributed by atoms with Gasteiger partial charge in [0.2, 0.25) is 0 Å². The molecule has 0 saturated carbocycles. The van der Waals surface area contributed by atoms with Gasteiger partial charge in [0.25, 0.3) is 0 Å². The van der Waals surface area contributed by atoms with Crippen LogP contribution in [0.4, 0.5) is 0 Å². The van der Waals surface area contributed by atoms with Crippen molar-refractivity contribution < 1.29 is 9.53 Å². The van der Waals surface area contributed by atoms with Crippen LogP contribution in [0, 0.1) is 6.92 Å². The lowest BCUT2D eigenvalue weighted by atomic mass is 10.0. The number of hydrogen-bond acceptors (Lipinski definition) is 3. The van der Waals surface area contributed by atoms with Gasteiger partial charge >= 0.3 is 5.97 Å².